The first-order valence-corrected chi connectivity index (χ1v) is 18.8. The van der Waals surface area contributed by atoms with E-state index in [9.17, 15) is 30.0 Å². The highest BCUT2D eigenvalue weighted by molar-refractivity contribution is 7.97. The lowest BCUT2D eigenvalue weighted by molar-refractivity contribution is -0.140. The first-order valence-electron chi connectivity index (χ1n) is 14.5. The summed E-state index contributed by atoms with van der Waals surface area (Å²) in [6, 6.07) is 16.9. The van der Waals surface area contributed by atoms with E-state index in [1.165, 1.54) is 18.2 Å². The molecule has 0 amide bonds. The van der Waals surface area contributed by atoms with E-state index in [1.54, 1.807) is 49.4 Å². The number of benzene rings is 3. The van der Waals surface area contributed by atoms with Gasteiger partial charge in [0.1, 0.15) is 16.5 Å². The van der Waals surface area contributed by atoms with Gasteiger partial charge in [0.05, 0.1) is 20.3 Å². The van der Waals surface area contributed by atoms with Crippen LogP contribution in [-0.2, 0) is 36.7 Å². The summed E-state index contributed by atoms with van der Waals surface area (Å²) in [4.78, 5) is 1.04. The third-order valence-corrected chi connectivity index (χ3v) is 15.4. The molecule has 0 aliphatic heterocycles. The second-order valence-electron chi connectivity index (χ2n) is 11.3. The topological polar surface area (TPSA) is 68.3 Å². The average molecular weight is 638 g/mol. The molecule has 226 valence electrons. The lowest BCUT2D eigenvalue weighted by Crippen LogP contribution is -2.25. The molecule has 0 saturated heterocycles. The molecule has 5 rings (SSSR count). The van der Waals surface area contributed by atoms with Crippen molar-refractivity contribution in [2.24, 2.45) is 0 Å². The van der Waals surface area contributed by atoms with Crippen LogP contribution in [0.4, 0.5) is 13.2 Å². The first kappa shape index (κ1) is 31.1. The van der Waals surface area contributed by atoms with Crippen molar-refractivity contribution in [2.45, 2.75) is 112 Å². The molecule has 1 atom stereocenters. The Balaban J connectivity index is 1.63. The van der Waals surface area contributed by atoms with Crippen LogP contribution < -0.4 is 0 Å². The van der Waals surface area contributed by atoms with E-state index in [-0.39, 0.29) is 14.7 Å². The molecule has 2 aliphatic rings. The fraction of sp³-hybridized carbons (Fsp3) is 0.438. The molecule has 0 heterocycles. The summed E-state index contributed by atoms with van der Waals surface area (Å²) in [7, 11) is -8.76. The second-order valence-corrected chi connectivity index (χ2v) is 17.7. The summed E-state index contributed by atoms with van der Waals surface area (Å²) in [6.07, 6.45) is 2.51. The molecule has 2 saturated carbocycles. The van der Waals surface area contributed by atoms with Crippen LogP contribution >= 0.6 is 0 Å². The second kappa shape index (κ2) is 12.4. The van der Waals surface area contributed by atoms with Gasteiger partial charge in [-0.15, -0.1) is 0 Å². The van der Waals surface area contributed by atoms with Gasteiger partial charge in [0, 0.05) is 5.56 Å². The van der Waals surface area contributed by atoms with Gasteiger partial charge >= 0.3 is 6.18 Å². The standard InChI is InChI=1S/C32H36F3O4S3/c1-23-21-27(41(36,37)25-13-7-3-8-14-25)17-19-30(23)40(24-11-5-2-6-12-24)31-20-18-28(22-29(31)32(33,34)35)42(38,39)26-15-9-4-10-16-26/h2,5-6,11-12,17-22,25-26H,3-4,7-10,13-16H2,1H3/q+1. The molecule has 0 aromatic heterocycles. The Bertz CT molecular complexity index is 1620. The van der Waals surface area contributed by atoms with Crippen LogP contribution in [0.3, 0.4) is 0 Å². The Morgan fingerprint density at radius 3 is 1.60 bits per heavy atom. The zero-order valence-corrected chi connectivity index (χ0v) is 26.0. The zero-order chi connectivity index (χ0) is 30.1. The first-order chi connectivity index (χ1) is 19.9. The van der Waals surface area contributed by atoms with Crippen molar-refractivity contribution < 1.29 is 30.0 Å². The molecule has 0 radical (unpaired) electrons. The van der Waals surface area contributed by atoms with E-state index >= 15 is 0 Å². The number of halogens is 3. The van der Waals surface area contributed by atoms with Gasteiger partial charge in [-0.05, 0) is 81.1 Å². The van der Waals surface area contributed by atoms with E-state index in [0.717, 1.165) is 44.6 Å². The number of alkyl halides is 3. The number of aryl methyl sites for hydroxylation is 1. The number of hydrogen-bond acceptors (Lipinski definition) is 4. The van der Waals surface area contributed by atoms with Crippen LogP contribution in [-0.4, -0.2) is 27.3 Å². The van der Waals surface area contributed by atoms with Gasteiger partial charge in [0.25, 0.3) is 0 Å². The Kier molecular flexibility index (Phi) is 9.17. The lowest BCUT2D eigenvalue weighted by atomic mass is 10.0. The molecule has 3 aromatic carbocycles. The summed E-state index contributed by atoms with van der Waals surface area (Å²) in [5, 5.41) is -1.12. The maximum absolute atomic E-state index is 14.7. The van der Waals surface area contributed by atoms with Gasteiger partial charge in [-0.25, -0.2) is 16.8 Å². The summed E-state index contributed by atoms with van der Waals surface area (Å²) < 4.78 is 97.7. The predicted molar refractivity (Wildman–Crippen MR) is 159 cm³/mol. The Labute approximate surface area is 249 Å². The predicted octanol–water partition coefficient (Wildman–Crippen LogP) is 8.32. The minimum Gasteiger partial charge on any atom is -0.223 e. The third-order valence-electron chi connectivity index (χ3n) is 8.46. The molecule has 10 heteroatoms. The maximum Gasteiger partial charge on any atom is 0.421 e. The van der Waals surface area contributed by atoms with Crippen molar-refractivity contribution in [3.05, 3.63) is 77.9 Å². The van der Waals surface area contributed by atoms with Crippen molar-refractivity contribution in [3.8, 4) is 0 Å². The smallest absolute Gasteiger partial charge is 0.223 e. The molecule has 0 N–H and O–H groups in total. The van der Waals surface area contributed by atoms with Crippen molar-refractivity contribution >= 4 is 30.6 Å². The van der Waals surface area contributed by atoms with Crippen molar-refractivity contribution in [1.29, 1.82) is 0 Å². The third kappa shape index (κ3) is 6.31. The average Bonchev–Trinajstić information content (AvgIpc) is 2.99. The SMILES string of the molecule is Cc1cc(S(=O)(=O)C2CCCCC2)ccc1[S+](c1ccccc1)c1ccc(S(=O)(=O)C2CCCCC2)cc1C(F)(F)F. The highest BCUT2D eigenvalue weighted by atomic mass is 32.2. The number of sulfone groups is 2. The van der Waals surface area contributed by atoms with E-state index in [2.05, 4.69) is 0 Å². The molecular formula is C32H36F3O4S3+. The summed E-state index contributed by atoms with van der Waals surface area (Å²) in [5.41, 5.74) is -0.407. The largest absolute Gasteiger partial charge is 0.421 e. The fourth-order valence-corrected chi connectivity index (χ4v) is 12.4. The van der Waals surface area contributed by atoms with E-state index < -0.39 is 52.8 Å². The van der Waals surface area contributed by atoms with E-state index in [1.807, 2.05) is 0 Å². The molecule has 42 heavy (non-hydrogen) atoms. The fourth-order valence-electron chi connectivity index (χ4n) is 6.18. The van der Waals surface area contributed by atoms with E-state index in [0.29, 0.717) is 41.0 Å². The molecule has 2 aliphatic carbocycles. The quantitative estimate of drug-likeness (QED) is 0.244. The van der Waals surface area contributed by atoms with Crippen LogP contribution in [0, 0.1) is 6.92 Å². The summed E-state index contributed by atoms with van der Waals surface area (Å²) in [5.74, 6) is 0. The van der Waals surface area contributed by atoms with Gasteiger partial charge < -0.3 is 0 Å². The zero-order valence-electron chi connectivity index (χ0n) is 23.6. The van der Waals surface area contributed by atoms with Crippen molar-refractivity contribution in [3.63, 3.8) is 0 Å². The van der Waals surface area contributed by atoms with Crippen molar-refractivity contribution in [2.75, 3.05) is 0 Å². The van der Waals surface area contributed by atoms with Crippen LogP contribution in [0.25, 0.3) is 0 Å². The summed E-state index contributed by atoms with van der Waals surface area (Å²) >= 11 is 0. The van der Waals surface area contributed by atoms with Crippen LogP contribution in [0.1, 0.15) is 75.3 Å². The van der Waals surface area contributed by atoms with Gasteiger partial charge in [0.15, 0.2) is 34.4 Å². The highest BCUT2D eigenvalue weighted by Gasteiger charge is 2.44. The maximum atomic E-state index is 14.7. The number of hydrogen-bond donors (Lipinski definition) is 0. The summed E-state index contributed by atoms with van der Waals surface area (Å²) in [6.45, 7) is 1.73. The minimum absolute atomic E-state index is 0.0396. The van der Waals surface area contributed by atoms with Crippen molar-refractivity contribution in [1.82, 2.24) is 0 Å². The highest BCUT2D eigenvalue weighted by Crippen LogP contribution is 2.43. The minimum atomic E-state index is -4.80. The van der Waals surface area contributed by atoms with Gasteiger partial charge in [-0.3, -0.25) is 0 Å². The van der Waals surface area contributed by atoms with Gasteiger partial charge in [-0.2, -0.15) is 13.2 Å². The Morgan fingerprint density at radius 1 is 0.643 bits per heavy atom. The van der Waals surface area contributed by atoms with E-state index in [4.69, 9.17) is 0 Å². The molecule has 4 nitrogen and oxygen atoms in total. The van der Waals surface area contributed by atoms with Gasteiger partial charge in [0.2, 0.25) is 0 Å². The number of rotatable bonds is 7. The van der Waals surface area contributed by atoms with Crippen LogP contribution in [0.2, 0.25) is 0 Å². The monoisotopic (exact) mass is 637 g/mol. The van der Waals surface area contributed by atoms with Gasteiger partial charge in [-0.1, -0.05) is 56.7 Å². The molecule has 0 spiro atoms. The Morgan fingerprint density at radius 2 is 1.12 bits per heavy atom. The van der Waals surface area contributed by atoms with Crippen LogP contribution in [0.15, 0.2) is 91.2 Å². The Hall–Kier alpha value is -2.30. The molecule has 3 aromatic rings. The molecule has 1 unspecified atom stereocenters. The molecule has 0 bridgehead atoms. The molecular weight excluding hydrogens is 602 g/mol. The van der Waals surface area contributed by atoms with Crippen LogP contribution in [0.5, 0.6) is 0 Å². The lowest BCUT2D eigenvalue weighted by Gasteiger charge is -2.23. The normalized spacial score (nSPS) is 18.6. The molecule has 2 fully saturated rings.